The lowest BCUT2D eigenvalue weighted by Crippen LogP contribution is -2.59. The molecule has 1 atom stereocenters. The lowest BCUT2D eigenvalue weighted by molar-refractivity contribution is -0.124. The SMILES string of the molecule is CN(C)CCNC1(C(N)=O)CCCSC1. The van der Waals surface area contributed by atoms with Crippen molar-refractivity contribution in [1.29, 1.82) is 0 Å². The Labute approximate surface area is 96.0 Å². The topological polar surface area (TPSA) is 58.4 Å². The van der Waals surface area contributed by atoms with Crippen molar-refractivity contribution in [2.24, 2.45) is 5.73 Å². The van der Waals surface area contributed by atoms with Crippen LogP contribution in [0.1, 0.15) is 12.8 Å². The molecule has 1 fully saturated rings. The maximum atomic E-state index is 11.5. The third-order valence-corrected chi connectivity index (χ3v) is 4.01. The van der Waals surface area contributed by atoms with E-state index >= 15 is 0 Å². The first-order chi connectivity index (χ1) is 7.07. The van der Waals surface area contributed by atoms with Gasteiger partial charge in [0.25, 0.3) is 0 Å². The fourth-order valence-corrected chi connectivity index (χ4v) is 2.96. The number of nitrogens with two attached hydrogens (primary N) is 1. The smallest absolute Gasteiger partial charge is 0.238 e. The molecular weight excluding hydrogens is 210 g/mol. The predicted molar refractivity (Wildman–Crippen MR) is 65.0 cm³/mol. The molecule has 4 nitrogen and oxygen atoms in total. The molecule has 1 amide bonds. The molecule has 1 aliphatic heterocycles. The highest BCUT2D eigenvalue weighted by molar-refractivity contribution is 7.99. The second-order valence-corrected chi connectivity index (χ2v) is 5.44. The molecule has 1 heterocycles. The van der Waals surface area contributed by atoms with Gasteiger partial charge in [0.2, 0.25) is 5.91 Å². The van der Waals surface area contributed by atoms with Gasteiger partial charge in [0.05, 0.1) is 0 Å². The summed E-state index contributed by atoms with van der Waals surface area (Å²) in [5, 5.41) is 3.33. The standard InChI is InChI=1S/C10H21N3OS/c1-13(2)6-5-12-10(9(11)14)4-3-7-15-8-10/h12H,3-8H2,1-2H3,(H2,11,14). The van der Waals surface area contributed by atoms with Crippen LogP contribution in [0.5, 0.6) is 0 Å². The number of thioether (sulfide) groups is 1. The minimum Gasteiger partial charge on any atom is -0.368 e. The van der Waals surface area contributed by atoms with Gasteiger partial charge in [0, 0.05) is 18.8 Å². The number of nitrogens with zero attached hydrogens (tertiary/aromatic N) is 1. The average Bonchev–Trinajstić information content (AvgIpc) is 2.18. The van der Waals surface area contributed by atoms with Crippen molar-refractivity contribution in [1.82, 2.24) is 10.2 Å². The number of amides is 1. The molecule has 0 bridgehead atoms. The maximum Gasteiger partial charge on any atom is 0.238 e. The summed E-state index contributed by atoms with van der Waals surface area (Å²) in [7, 11) is 4.04. The molecule has 0 spiro atoms. The van der Waals surface area contributed by atoms with Crippen LogP contribution in [0.15, 0.2) is 0 Å². The summed E-state index contributed by atoms with van der Waals surface area (Å²) in [4.78, 5) is 13.6. The van der Waals surface area contributed by atoms with Crippen LogP contribution < -0.4 is 11.1 Å². The largest absolute Gasteiger partial charge is 0.368 e. The lowest BCUT2D eigenvalue weighted by atomic mass is 9.94. The first-order valence-corrected chi connectivity index (χ1v) is 6.50. The Morgan fingerprint density at radius 2 is 2.33 bits per heavy atom. The van der Waals surface area contributed by atoms with Crippen LogP contribution in [-0.2, 0) is 4.79 Å². The fraction of sp³-hybridized carbons (Fsp3) is 0.900. The summed E-state index contributed by atoms with van der Waals surface area (Å²) in [5.41, 5.74) is 5.03. The van der Waals surface area contributed by atoms with E-state index in [0.29, 0.717) is 0 Å². The number of primary amides is 1. The van der Waals surface area contributed by atoms with E-state index in [0.717, 1.165) is 37.4 Å². The molecule has 1 saturated heterocycles. The summed E-state index contributed by atoms with van der Waals surface area (Å²) in [6.45, 7) is 1.75. The van der Waals surface area contributed by atoms with Gasteiger partial charge in [0.15, 0.2) is 0 Å². The van der Waals surface area contributed by atoms with Gasteiger partial charge in [-0.1, -0.05) is 0 Å². The van der Waals surface area contributed by atoms with Gasteiger partial charge in [-0.3, -0.25) is 4.79 Å². The molecule has 5 heteroatoms. The quantitative estimate of drug-likeness (QED) is 0.693. The maximum absolute atomic E-state index is 11.5. The first kappa shape index (κ1) is 12.8. The van der Waals surface area contributed by atoms with Gasteiger partial charge in [-0.05, 0) is 32.7 Å². The van der Waals surface area contributed by atoms with E-state index in [4.69, 9.17) is 5.73 Å². The van der Waals surface area contributed by atoms with Crippen molar-refractivity contribution < 1.29 is 4.79 Å². The molecule has 1 unspecified atom stereocenters. The fourth-order valence-electron chi connectivity index (χ4n) is 1.73. The van der Waals surface area contributed by atoms with E-state index in [2.05, 4.69) is 10.2 Å². The Morgan fingerprint density at radius 3 is 2.80 bits per heavy atom. The normalized spacial score (nSPS) is 26.9. The zero-order chi connectivity index (χ0) is 11.3. The predicted octanol–water partition coefficient (Wildman–Crippen LogP) is -0.111. The second-order valence-electron chi connectivity index (χ2n) is 4.33. The van der Waals surface area contributed by atoms with Crippen molar-refractivity contribution >= 4 is 17.7 Å². The molecule has 88 valence electrons. The number of carbonyl (C=O) groups is 1. The van der Waals surface area contributed by atoms with E-state index in [1.807, 2.05) is 25.9 Å². The molecule has 0 aromatic heterocycles. The van der Waals surface area contributed by atoms with Crippen LogP contribution >= 0.6 is 11.8 Å². The Morgan fingerprint density at radius 1 is 1.60 bits per heavy atom. The third-order valence-electron chi connectivity index (χ3n) is 2.73. The van der Waals surface area contributed by atoms with Crippen molar-refractivity contribution in [3.05, 3.63) is 0 Å². The van der Waals surface area contributed by atoms with E-state index in [9.17, 15) is 4.79 Å². The van der Waals surface area contributed by atoms with Gasteiger partial charge >= 0.3 is 0 Å². The zero-order valence-electron chi connectivity index (χ0n) is 9.58. The van der Waals surface area contributed by atoms with Gasteiger partial charge < -0.3 is 16.0 Å². The van der Waals surface area contributed by atoms with Crippen LogP contribution in [0.2, 0.25) is 0 Å². The van der Waals surface area contributed by atoms with Crippen molar-refractivity contribution in [3.63, 3.8) is 0 Å². The van der Waals surface area contributed by atoms with E-state index in [-0.39, 0.29) is 5.91 Å². The van der Waals surface area contributed by atoms with Crippen LogP contribution in [-0.4, -0.2) is 55.0 Å². The van der Waals surface area contributed by atoms with Gasteiger partial charge in [-0.25, -0.2) is 0 Å². The van der Waals surface area contributed by atoms with Crippen LogP contribution in [0.3, 0.4) is 0 Å². The zero-order valence-corrected chi connectivity index (χ0v) is 10.4. The van der Waals surface area contributed by atoms with E-state index < -0.39 is 5.54 Å². The van der Waals surface area contributed by atoms with Crippen LogP contribution in [0.4, 0.5) is 0 Å². The molecule has 0 radical (unpaired) electrons. The number of likely N-dealkylation sites (N-methyl/N-ethyl adjacent to an activating group) is 1. The number of hydrogen-bond acceptors (Lipinski definition) is 4. The molecule has 0 aromatic rings. The Bertz CT molecular complexity index is 215. The number of rotatable bonds is 5. The molecule has 15 heavy (non-hydrogen) atoms. The molecule has 1 aliphatic rings. The van der Waals surface area contributed by atoms with Crippen LogP contribution in [0.25, 0.3) is 0 Å². The molecule has 0 saturated carbocycles. The molecule has 3 N–H and O–H groups in total. The molecular formula is C10H21N3OS. The van der Waals surface area contributed by atoms with Gasteiger partial charge in [-0.2, -0.15) is 11.8 Å². The average molecular weight is 231 g/mol. The van der Waals surface area contributed by atoms with Crippen molar-refractivity contribution in [2.75, 3.05) is 38.7 Å². The molecule has 0 aliphatic carbocycles. The summed E-state index contributed by atoms with van der Waals surface area (Å²) in [5.74, 6) is 1.76. The Kier molecular flexibility index (Phi) is 4.89. The molecule has 1 rings (SSSR count). The second kappa shape index (κ2) is 5.72. The van der Waals surface area contributed by atoms with Gasteiger partial charge in [-0.15, -0.1) is 0 Å². The summed E-state index contributed by atoms with van der Waals surface area (Å²) >= 11 is 1.81. The summed E-state index contributed by atoms with van der Waals surface area (Å²) in [6.07, 6.45) is 1.95. The summed E-state index contributed by atoms with van der Waals surface area (Å²) in [6, 6.07) is 0. The monoisotopic (exact) mass is 231 g/mol. The van der Waals surface area contributed by atoms with Crippen molar-refractivity contribution in [3.8, 4) is 0 Å². The number of nitrogens with one attached hydrogen (secondary N) is 1. The Hall–Kier alpha value is -0.260. The number of hydrogen-bond donors (Lipinski definition) is 2. The highest BCUT2D eigenvalue weighted by Gasteiger charge is 2.37. The lowest BCUT2D eigenvalue weighted by Gasteiger charge is -2.35. The highest BCUT2D eigenvalue weighted by Crippen LogP contribution is 2.26. The van der Waals surface area contributed by atoms with E-state index in [1.165, 1.54) is 0 Å². The minimum atomic E-state index is -0.459. The Balaban J connectivity index is 2.46. The highest BCUT2D eigenvalue weighted by atomic mass is 32.2. The van der Waals surface area contributed by atoms with E-state index in [1.54, 1.807) is 0 Å². The summed E-state index contributed by atoms with van der Waals surface area (Å²) < 4.78 is 0. The number of carbonyl (C=O) groups excluding carboxylic acids is 1. The van der Waals surface area contributed by atoms with Crippen LogP contribution in [0, 0.1) is 0 Å². The molecule has 0 aromatic carbocycles. The minimum absolute atomic E-state index is 0.201. The third kappa shape index (κ3) is 3.66. The first-order valence-electron chi connectivity index (χ1n) is 5.34. The van der Waals surface area contributed by atoms with Gasteiger partial charge in [0.1, 0.15) is 5.54 Å². The van der Waals surface area contributed by atoms with Crippen molar-refractivity contribution in [2.45, 2.75) is 18.4 Å².